The van der Waals surface area contributed by atoms with Gasteiger partial charge in [-0.25, -0.2) is 8.78 Å². The summed E-state index contributed by atoms with van der Waals surface area (Å²) in [5.41, 5.74) is 6.03. The maximum absolute atomic E-state index is 13.8. The highest BCUT2D eigenvalue weighted by molar-refractivity contribution is 5.31. The maximum atomic E-state index is 13.8. The van der Waals surface area contributed by atoms with E-state index in [9.17, 15) is 13.9 Å². The van der Waals surface area contributed by atoms with Gasteiger partial charge in [-0.05, 0) is 23.6 Å². The number of halogens is 2. The highest BCUT2D eigenvalue weighted by Crippen LogP contribution is 2.28. The van der Waals surface area contributed by atoms with E-state index in [-0.39, 0.29) is 25.1 Å². The van der Waals surface area contributed by atoms with Gasteiger partial charge >= 0.3 is 0 Å². The van der Waals surface area contributed by atoms with Crippen molar-refractivity contribution in [3.8, 4) is 0 Å². The van der Waals surface area contributed by atoms with E-state index in [4.69, 9.17) is 5.73 Å². The molecule has 0 saturated heterocycles. The van der Waals surface area contributed by atoms with Crippen LogP contribution >= 0.6 is 0 Å². The molecule has 0 spiro atoms. The third kappa shape index (κ3) is 2.71. The van der Waals surface area contributed by atoms with Gasteiger partial charge < -0.3 is 10.8 Å². The second-order valence-electron chi connectivity index (χ2n) is 4.90. The molecule has 2 nitrogen and oxygen atoms in total. The molecule has 2 rings (SSSR count). The summed E-state index contributed by atoms with van der Waals surface area (Å²) < 4.78 is 27.1. The van der Waals surface area contributed by atoms with E-state index in [1.54, 1.807) is 0 Å². The summed E-state index contributed by atoms with van der Waals surface area (Å²) in [6.07, 6.45) is 0.146. The Labute approximate surface area is 116 Å². The Morgan fingerprint density at radius 2 is 1.70 bits per heavy atom. The van der Waals surface area contributed by atoms with Crippen molar-refractivity contribution < 1.29 is 13.9 Å². The fourth-order valence-electron chi connectivity index (χ4n) is 2.35. The fraction of sp³-hybridized carbons (Fsp3) is 0.250. The third-order valence-electron chi connectivity index (χ3n) is 3.64. The van der Waals surface area contributed by atoms with E-state index in [1.807, 2.05) is 30.3 Å². The van der Waals surface area contributed by atoms with Gasteiger partial charge in [-0.15, -0.1) is 0 Å². The van der Waals surface area contributed by atoms with Crippen molar-refractivity contribution in [3.63, 3.8) is 0 Å². The summed E-state index contributed by atoms with van der Waals surface area (Å²) in [4.78, 5) is 0. The average molecular weight is 277 g/mol. The fourth-order valence-corrected chi connectivity index (χ4v) is 2.35. The van der Waals surface area contributed by atoms with Gasteiger partial charge in [0.1, 0.15) is 0 Å². The molecule has 3 N–H and O–H groups in total. The average Bonchev–Trinajstić information content (AvgIpc) is 2.50. The first-order valence-corrected chi connectivity index (χ1v) is 6.42. The van der Waals surface area contributed by atoms with Crippen LogP contribution in [-0.4, -0.2) is 18.3 Å². The first-order valence-electron chi connectivity index (χ1n) is 6.42. The van der Waals surface area contributed by atoms with Crippen molar-refractivity contribution in [2.75, 3.05) is 13.2 Å². The van der Waals surface area contributed by atoms with Crippen LogP contribution in [-0.2, 0) is 11.8 Å². The predicted octanol–water partition coefficient (Wildman–Crippen LogP) is 2.40. The topological polar surface area (TPSA) is 46.2 Å². The Morgan fingerprint density at radius 3 is 2.30 bits per heavy atom. The molecule has 0 amide bonds. The molecule has 0 saturated carbocycles. The lowest BCUT2D eigenvalue weighted by Crippen LogP contribution is -2.41. The van der Waals surface area contributed by atoms with Gasteiger partial charge in [0.05, 0.1) is 6.61 Å². The zero-order valence-electron chi connectivity index (χ0n) is 11.0. The molecule has 2 aromatic carbocycles. The molecule has 20 heavy (non-hydrogen) atoms. The molecule has 0 aliphatic carbocycles. The Kier molecular flexibility index (Phi) is 4.47. The largest absolute Gasteiger partial charge is 0.395 e. The minimum absolute atomic E-state index is 0.142. The molecule has 4 heteroatoms. The first kappa shape index (κ1) is 14.6. The number of aliphatic hydroxyl groups excluding tert-OH is 1. The van der Waals surface area contributed by atoms with Gasteiger partial charge in [-0.3, -0.25) is 0 Å². The Balaban J connectivity index is 2.42. The molecular formula is C16H17F2NO. The number of benzene rings is 2. The molecule has 0 fully saturated rings. The van der Waals surface area contributed by atoms with Crippen LogP contribution < -0.4 is 5.73 Å². The first-order chi connectivity index (χ1) is 9.63. The van der Waals surface area contributed by atoms with Crippen molar-refractivity contribution in [1.29, 1.82) is 0 Å². The van der Waals surface area contributed by atoms with Crippen LogP contribution in [0.1, 0.15) is 11.1 Å². The minimum Gasteiger partial charge on any atom is -0.395 e. The molecule has 0 aliphatic heterocycles. The van der Waals surface area contributed by atoms with E-state index >= 15 is 0 Å². The van der Waals surface area contributed by atoms with E-state index in [2.05, 4.69) is 0 Å². The zero-order valence-corrected chi connectivity index (χ0v) is 11.0. The lowest BCUT2D eigenvalue weighted by Gasteiger charge is -2.31. The van der Waals surface area contributed by atoms with Gasteiger partial charge in [0.15, 0.2) is 11.6 Å². The minimum atomic E-state index is -0.889. The van der Waals surface area contributed by atoms with Crippen LogP contribution in [0.2, 0.25) is 0 Å². The van der Waals surface area contributed by atoms with Crippen molar-refractivity contribution in [2.45, 2.75) is 11.8 Å². The van der Waals surface area contributed by atoms with Gasteiger partial charge in [0.25, 0.3) is 0 Å². The third-order valence-corrected chi connectivity index (χ3v) is 3.64. The molecule has 0 radical (unpaired) electrons. The molecule has 1 unspecified atom stereocenters. The highest BCUT2D eigenvalue weighted by Gasteiger charge is 2.31. The predicted molar refractivity (Wildman–Crippen MR) is 74.3 cm³/mol. The Hall–Kier alpha value is -1.78. The number of hydrogen-bond donors (Lipinski definition) is 2. The molecule has 106 valence electrons. The summed E-state index contributed by atoms with van der Waals surface area (Å²) in [5, 5.41) is 9.76. The Bertz CT molecular complexity index is 568. The lowest BCUT2D eigenvalue weighted by molar-refractivity contribution is 0.195. The zero-order chi connectivity index (χ0) is 14.6. The van der Waals surface area contributed by atoms with E-state index in [0.29, 0.717) is 0 Å². The summed E-state index contributed by atoms with van der Waals surface area (Å²) in [5.74, 6) is -1.77. The molecule has 1 atom stereocenters. The number of rotatable bonds is 5. The van der Waals surface area contributed by atoms with E-state index < -0.39 is 17.0 Å². The highest BCUT2D eigenvalue weighted by atomic mass is 19.2. The molecular weight excluding hydrogens is 260 g/mol. The Morgan fingerprint density at radius 1 is 1.00 bits per heavy atom. The molecule has 0 bridgehead atoms. The summed E-state index contributed by atoms with van der Waals surface area (Å²) >= 11 is 0. The second kappa shape index (κ2) is 6.11. The number of nitrogens with two attached hydrogens (primary N) is 1. The van der Waals surface area contributed by atoms with Gasteiger partial charge in [-0.2, -0.15) is 0 Å². The second-order valence-corrected chi connectivity index (χ2v) is 4.90. The van der Waals surface area contributed by atoms with Gasteiger partial charge in [-0.1, -0.05) is 42.5 Å². The maximum Gasteiger partial charge on any atom is 0.162 e. The van der Waals surface area contributed by atoms with Crippen molar-refractivity contribution in [1.82, 2.24) is 0 Å². The van der Waals surface area contributed by atoms with Crippen molar-refractivity contribution in [3.05, 3.63) is 71.3 Å². The number of hydrogen-bond acceptors (Lipinski definition) is 2. The summed E-state index contributed by atoms with van der Waals surface area (Å²) in [6.45, 7) is -0.0903. The molecule has 0 aromatic heterocycles. The molecule has 0 aliphatic rings. The quantitative estimate of drug-likeness (QED) is 0.881. The lowest BCUT2D eigenvalue weighted by atomic mass is 9.76. The van der Waals surface area contributed by atoms with Crippen LogP contribution in [0.25, 0.3) is 0 Å². The SMILES string of the molecule is NCC(CO)(Cc1cccc(F)c1F)c1ccccc1. The van der Waals surface area contributed by atoms with Crippen LogP contribution in [0, 0.1) is 11.6 Å². The van der Waals surface area contributed by atoms with Crippen molar-refractivity contribution in [2.24, 2.45) is 5.73 Å². The molecule has 0 heterocycles. The summed E-state index contributed by atoms with van der Waals surface area (Å²) in [6, 6.07) is 13.2. The van der Waals surface area contributed by atoms with Gasteiger partial charge in [0, 0.05) is 12.0 Å². The van der Waals surface area contributed by atoms with Crippen LogP contribution in [0.4, 0.5) is 8.78 Å². The standard InChI is InChI=1S/C16H17F2NO/c17-14-8-4-5-12(15(14)18)9-16(10-19,11-20)13-6-2-1-3-7-13/h1-8,20H,9-11,19H2. The number of aliphatic hydroxyl groups is 1. The normalized spacial score (nSPS) is 14.0. The van der Waals surface area contributed by atoms with Crippen LogP contribution in [0.5, 0.6) is 0 Å². The summed E-state index contributed by atoms with van der Waals surface area (Å²) in [7, 11) is 0. The monoisotopic (exact) mass is 277 g/mol. The molecule has 2 aromatic rings. The van der Waals surface area contributed by atoms with Gasteiger partial charge in [0.2, 0.25) is 0 Å². The van der Waals surface area contributed by atoms with E-state index in [1.165, 1.54) is 12.1 Å². The van der Waals surface area contributed by atoms with E-state index in [0.717, 1.165) is 11.6 Å². The van der Waals surface area contributed by atoms with Crippen LogP contribution in [0.3, 0.4) is 0 Å². The van der Waals surface area contributed by atoms with Crippen LogP contribution in [0.15, 0.2) is 48.5 Å². The smallest absolute Gasteiger partial charge is 0.162 e. The van der Waals surface area contributed by atoms with Crippen molar-refractivity contribution >= 4 is 0 Å².